The molecule has 2 aromatic heterocycles. The normalized spacial score (nSPS) is 15.4. The van der Waals surface area contributed by atoms with Crippen LogP contribution in [0, 0.1) is 6.92 Å². The number of imidazole rings is 1. The van der Waals surface area contributed by atoms with Gasteiger partial charge >= 0.3 is 0 Å². The van der Waals surface area contributed by atoms with E-state index in [0.29, 0.717) is 37.8 Å². The van der Waals surface area contributed by atoms with Gasteiger partial charge in [-0.25, -0.2) is 23.4 Å². The molecule has 152 valence electrons. The lowest BCUT2D eigenvalue weighted by molar-refractivity contribution is 0.382. The molecule has 3 heterocycles. The summed E-state index contributed by atoms with van der Waals surface area (Å²) in [4.78, 5) is 15.4. The molecule has 29 heavy (non-hydrogen) atoms. The zero-order valence-corrected chi connectivity index (χ0v) is 17.1. The van der Waals surface area contributed by atoms with Crippen molar-refractivity contribution in [3.63, 3.8) is 0 Å². The Hall–Kier alpha value is -2.98. The van der Waals surface area contributed by atoms with Crippen molar-refractivity contribution < 1.29 is 13.2 Å². The Bertz CT molecular complexity index is 1090. The van der Waals surface area contributed by atoms with E-state index in [4.69, 9.17) is 4.74 Å². The van der Waals surface area contributed by atoms with Crippen LogP contribution < -0.4 is 9.64 Å². The Morgan fingerprint density at radius 2 is 1.79 bits per heavy atom. The van der Waals surface area contributed by atoms with Crippen LogP contribution in [0.2, 0.25) is 0 Å². The lowest BCUT2D eigenvalue weighted by atomic mass is 10.3. The highest BCUT2D eigenvalue weighted by Crippen LogP contribution is 2.23. The van der Waals surface area contributed by atoms with E-state index in [1.165, 1.54) is 11.4 Å². The average Bonchev–Trinajstić information content (AvgIpc) is 3.28. The van der Waals surface area contributed by atoms with E-state index in [9.17, 15) is 8.42 Å². The molecule has 0 unspecified atom stereocenters. The highest BCUT2D eigenvalue weighted by molar-refractivity contribution is 7.89. The first-order valence-corrected chi connectivity index (χ1v) is 10.6. The number of sulfonamides is 1. The third kappa shape index (κ3) is 3.94. The minimum absolute atomic E-state index is 0.241. The van der Waals surface area contributed by atoms with Gasteiger partial charge in [0.25, 0.3) is 0 Å². The number of methoxy groups -OCH3 is 1. The molecule has 0 amide bonds. The number of hydrogen-bond acceptors (Lipinski definition) is 7. The fourth-order valence-electron chi connectivity index (χ4n) is 3.29. The van der Waals surface area contributed by atoms with Crippen LogP contribution in [-0.2, 0) is 10.0 Å². The fraction of sp³-hybridized carbons (Fsp3) is 0.316. The first-order chi connectivity index (χ1) is 14.0. The summed E-state index contributed by atoms with van der Waals surface area (Å²) in [7, 11) is -2.05. The summed E-state index contributed by atoms with van der Waals surface area (Å²) in [5.41, 5.74) is 0. The molecule has 0 radical (unpaired) electrons. The second-order valence-electron chi connectivity index (χ2n) is 6.67. The number of rotatable bonds is 5. The Balaban J connectivity index is 1.51. The van der Waals surface area contributed by atoms with Gasteiger partial charge in [0.2, 0.25) is 10.0 Å². The molecule has 1 aliphatic heterocycles. The van der Waals surface area contributed by atoms with E-state index in [1.807, 2.05) is 23.8 Å². The molecule has 0 N–H and O–H groups in total. The topological polar surface area (TPSA) is 93.5 Å². The molecule has 1 aliphatic rings. The Morgan fingerprint density at radius 1 is 1.03 bits per heavy atom. The van der Waals surface area contributed by atoms with Crippen LogP contribution in [0.3, 0.4) is 0 Å². The number of hydrogen-bond donors (Lipinski definition) is 0. The van der Waals surface area contributed by atoms with Gasteiger partial charge < -0.3 is 9.64 Å². The maximum Gasteiger partial charge on any atom is 0.243 e. The van der Waals surface area contributed by atoms with Crippen molar-refractivity contribution >= 4 is 15.8 Å². The molecule has 1 fully saturated rings. The van der Waals surface area contributed by atoms with Gasteiger partial charge in [-0.2, -0.15) is 4.31 Å². The van der Waals surface area contributed by atoms with Crippen LogP contribution in [0.1, 0.15) is 5.82 Å². The molecule has 0 spiro atoms. The smallest absolute Gasteiger partial charge is 0.243 e. The maximum atomic E-state index is 13.0. The van der Waals surface area contributed by atoms with Crippen molar-refractivity contribution in [1.29, 1.82) is 0 Å². The minimum atomic E-state index is -3.57. The number of ether oxygens (including phenoxy) is 1. The largest absolute Gasteiger partial charge is 0.497 e. The first-order valence-electron chi connectivity index (χ1n) is 9.20. The van der Waals surface area contributed by atoms with Crippen LogP contribution in [0.15, 0.2) is 53.9 Å². The van der Waals surface area contributed by atoms with Gasteiger partial charge in [0, 0.05) is 50.7 Å². The summed E-state index contributed by atoms with van der Waals surface area (Å²) >= 11 is 0. The average molecular weight is 414 g/mol. The van der Waals surface area contributed by atoms with Gasteiger partial charge in [0.1, 0.15) is 29.5 Å². The summed E-state index contributed by atoms with van der Waals surface area (Å²) in [6.07, 6.45) is 5.20. The molecule has 10 heteroatoms. The van der Waals surface area contributed by atoms with Crippen molar-refractivity contribution in [3.8, 4) is 11.6 Å². The Kier molecular flexibility index (Phi) is 5.20. The van der Waals surface area contributed by atoms with E-state index < -0.39 is 10.0 Å². The zero-order chi connectivity index (χ0) is 20.4. The second-order valence-corrected chi connectivity index (χ2v) is 8.61. The molecule has 4 rings (SSSR count). The molecular formula is C19H22N6O3S. The number of aryl methyl sites for hydroxylation is 1. The maximum absolute atomic E-state index is 13.0. The predicted octanol–water partition coefficient (Wildman–Crippen LogP) is 1.49. The highest BCUT2D eigenvalue weighted by atomic mass is 32.2. The van der Waals surface area contributed by atoms with E-state index >= 15 is 0 Å². The molecular weight excluding hydrogens is 392 g/mol. The number of benzene rings is 1. The van der Waals surface area contributed by atoms with Crippen molar-refractivity contribution in [2.75, 3.05) is 38.2 Å². The van der Waals surface area contributed by atoms with Gasteiger partial charge in [-0.1, -0.05) is 6.07 Å². The van der Waals surface area contributed by atoms with E-state index in [2.05, 4.69) is 19.9 Å². The molecule has 1 aromatic carbocycles. The molecule has 0 atom stereocenters. The molecule has 0 bridgehead atoms. The summed E-state index contributed by atoms with van der Waals surface area (Å²) < 4.78 is 34.4. The first kappa shape index (κ1) is 19.3. The lowest BCUT2D eigenvalue weighted by Gasteiger charge is -2.34. The SMILES string of the molecule is COc1cccc(S(=O)(=O)N2CCN(c3cc(-n4ccnc4)nc(C)n3)CC2)c1. The molecule has 0 saturated carbocycles. The van der Waals surface area contributed by atoms with Crippen LogP contribution in [0.5, 0.6) is 5.75 Å². The Labute approximate surface area is 169 Å². The van der Waals surface area contributed by atoms with Gasteiger partial charge in [-0.05, 0) is 19.1 Å². The minimum Gasteiger partial charge on any atom is -0.497 e. The highest BCUT2D eigenvalue weighted by Gasteiger charge is 2.29. The summed E-state index contributed by atoms with van der Waals surface area (Å²) in [5.74, 6) is 2.68. The van der Waals surface area contributed by atoms with E-state index in [1.54, 1.807) is 36.8 Å². The monoisotopic (exact) mass is 414 g/mol. The van der Waals surface area contributed by atoms with Crippen molar-refractivity contribution in [3.05, 3.63) is 54.9 Å². The van der Waals surface area contributed by atoms with Gasteiger partial charge in [0.15, 0.2) is 0 Å². The molecule has 1 saturated heterocycles. The van der Waals surface area contributed by atoms with Crippen LogP contribution >= 0.6 is 0 Å². The number of piperazine rings is 1. The van der Waals surface area contributed by atoms with Crippen molar-refractivity contribution in [1.82, 2.24) is 23.8 Å². The van der Waals surface area contributed by atoms with E-state index in [-0.39, 0.29) is 4.90 Å². The summed E-state index contributed by atoms with van der Waals surface area (Å²) in [6.45, 7) is 3.69. The van der Waals surface area contributed by atoms with E-state index in [0.717, 1.165) is 11.6 Å². The standard InChI is InChI=1S/C19H22N6O3S/c1-15-21-18(13-19(22-15)24-7-6-20-14-24)23-8-10-25(11-9-23)29(26,27)17-5-3-4-16(12-17)28-2/h3-7,12-14H,8-11H2,1-2H3. The van der Waals surface area contributed by atoms with Crippen molar-refractivity contribution in [2.45, 2.75) is 11.8 Å². The van der Waals surface area contributed by atoms with Gasteiger partial charge in [-0.3, -0.25) is 4.57 Å². The van der Waals surface area contributed by atoms with Gasteiger partial charge in [0.05, 0.1) is 12.0 Å². The molecule has 9 nitrogen and oxygen atoms in total. The zero-order valence-electron chi connectivity index (χ0n) is 16.3. The quantitative estimate of drug-likeness (QED) is 0.624. The predicted molar refractivity (Wildman–Crippen MR) is 108 cm³/mol. The molecule has 0 aliphatic carbocycles. The fourth-order valence-corrected chi connectivity index (χ4v) is 4.75. The van der Waals surface area contributed by atoms with Crippen LogP contribution in [-0.4, -0.2) is 65.5 Å². The van der Waals surface area contributed by atoms with Crippen LogP contribution in [0.25, 0.3) is 5.82 Å². The number of nitrogens with zero attached hydrogens (tertiary/aromatic N) is 6. The summed E-state index contributed by atoms with van der Waals surface area (Å²) in [6, 6.07) is 8.44. The van der Waals surface area contributed by atoms with Crippen molar-refractivity contribution in [2.24, 2.45) is 0 Å². The van der Waals surface area contributed by atoms with Crippen LogP contribution in [0.4, 0.5) is 5.82 Å². The number of aromatic nitrogens is 4. The number of anilines is 1. The van der Waals surface area contributed by atoms with Gasteiger partial charge in [-0.15, -0.1) is 0 Å². The summed E-state index contributed by atoms with van der Waals surface area (Å²) in [5, 5.41) is 0. The Morgan fingerprint density at radius 3 is 2.48 bits per heavy atom. The molecule has 3 aromatic rings. The lowest BCUT2D eigenvalue weighted by Crippen LogP contribution is -2.49. The third-order valence-electron chi connectivity index (χ3n) is 4.82. The third-order valence-corrected chi connectivity index (χ3v) is 6.72. The second kappa shape index (κ2) is 7.80.